The molecule has 0 fully saturated rings. The van der Waals surface area contributed by atoms with Crippen molar-refractivity contribution in [2.24, 2.45) is 0 Å². The molecule has 0 aliphatic carbocycles. The number of hydrogen-bond donors (Lipinski definition) is 0. The van der Waals surface area contributed by atoms with E-state index in [0.717, 1.165) is 11.7 Å². The van der Waals surface area contributed by atoms with Crippen LogP contribution in [0.15, 0.2) is 28.9 Å². The molecule has 0 aliphatic rings. The van der Waals surface area contributed by atoms with Crippen LogP contribution in [0, 0.1) is 5.82 Å². The summed E-state index contributed by atoms with van der Waals surface area (Å²) in [6.07, 6.45) is 1.53. The molecule has 0 bridgehead atoms. The Balaban J connectivity index is 2.21. The molecule has 3 nitrogen and oxygen atoms in total. The summed E-state index contributed by atoms with van der Waals surface area (Å²) in [4.78, 5) is 11.7. The molecule has 2 aromatic rings. The van der Waals surface area contributed by atoms with Gasteiger partial charge in [-0.1, -0.05) is 15.9 Å². The van der Waals surface area contributed by atoms with Crippen molar-refractivity contribution in [3.8, 4) is 0 Å². The molecule has 82 valence electrons. The number of aromatic nitrogens is 2. The maximum absolute atomic E-state index is 13.0. The first-order valence-electron chi connectivity index (χ1n) is 4.41. The Morgan fingerprint density at radius 2 is 2.31 bits per heavy atom. The Kier molecular flexibility index (Phi) is 3.40. The third-order valence-electron chi connectivity index (χ3n) is 2.01. The summed E-state index contributed by atoms with van der Waals surface area (Å²) < 4.78 is 21.3. The highest BCUT2D eigenvalue weighted by atomic mass is 79.9. The summed E-state index contributed by atoms with van der Waals surface area (Å²) >= 11 is 4.25. The van der Waals surface area contributed by atoms with Crippen LogP contribution in [0.25, 0.3) is 0 Å². The summed E-state index contributed by atoms with van der Waals surface area (Å²) in [6.45, 7) is 0. The SMILES string of the molecule is O=C(Cc1cc(F)ccc1Br)c1cnsn1. The maximum atomic E-state index is 13.0. The first-order chi connectivity index (χ1) is 7.66. The zero-order chi connectivity index (χ0) is 11.5. The highest BCUT2D eigenvalue weighted by Gasteiger charge is 2.12. The van der Waals surface area contributed by atoms with E-state index in [2.05, 4.69) is 24.7 Å². The summed E-state index contributed by atoms with van der Waals surface area (Å²) in [6, 6.07) is 4.25. The van der Waals surface area contributed by atoms with Gasteiger partial charge >= 0.3 is 0 Å². The number of benzene rings is 1. The lowest BCUT2D eigenvalue weighted by Crippen LogP contribution is -2.04. The minimum absolute atomic E-state index is 0.115. The van der Waals surface area contributed by atoms with Crippen LogP contribution in [0.4, 0.5) is 4.39 Å². The molecule has 0 aliphatic heterocycles. The van der Waals surface area contributed by atoms with Gasteiger partial charge in [0.15, 0.2) is 5.78 Å². The van der Waals surface area contributed by atoms with Crippen molar-refractivity contribution in [3.05, 3.63) is 45.9 Å². The van der Waals surface area contributed by atoms with E-state index in [-0.39, 0.29) is 18.0 Å². The molecule has 0 spiro atoms. The molecular weight excluding hydrogens is 295 g/mol. The van der Waals surface area contributed by atoms with Crippen molar-refractivity contribution in [3.63, 3.8) is 0 Å². The molecule has 1 aromatic heterocycles. The van der Waals surface area contributed by atoms with Crippen molar-refractivity contribution in [2.45, 2.75) is 6.42 Å². The zero-order valence-electron chi connectivity index (χ0n) is 7.98. The van der Waals surface area contributed by atoms with Gasteiger partial charge in [-0.15, -0.1) is 0 Å². The lowest BCUT2D eigenvalue weighted by atomic mass is 10.1. The second kappa shape index (κ2) is 4.80. The zero-order valence-corrected chi connectivity index (χ0v) is 10.4. The van der Waals surface area contributed by atoms with Crippen molar-refractivity contribution in [1.29, 1.82) is 0 Å². The Morgan fingerprint density at radius 3 is 3.00 bits per heavy atom. The first-order valence-corrected chi connectivity index (χ1v) is 5.94. The number of carbonyl (C=O) groups is 1. The second-order valence-corrected chi connectivity index (χ2v) is 4.54. The fraction of sp³-hybridized carbons (Fsp3) is 0.100. The Bertz CT molecular complexity index is 516. The predicted molar refractivity (Wildman–Crippen MR) is 62.0 cm³/mol. The van der Waals surface area contributed by atoms with Crippen molar-refractivity contribution >= 4 is 33.4 Å². The van der Waals surface area contributed by atoms with Gasteiger partial charge in [0.25, 0.3) is 0 Å². The van der Waals surface area contributed by atoms with Crippen LogP contribution in [-0.2, 0) is 6.42 Å². The number of hydrogen-bond acceptors (Lipinski definition) is 4. The molecule has 16 heavy (non-hydrogen) atoms. The first kappa shape index (κ1) is 11.3. The minimum Gasteiger partial charge on any atom is -0.292 e. The normalized spacial score (nSPS) is 10.4. The molecule has 1 heterocycles. The average Bonchev–Trinajstić information content (AvgIpc) is 2.76. The monoisotopic (exact) mass is 300 g/mol. The predicted octanol–water partition coefficient (Wildman–Crippen LogP) is 2.87. The van der Waals surface area contributed by atoms with Crippen LogP contribution in [0.1, 0.15) is 16.1 Å². The van der Waals surface area contributed by atoms with Gasteiger partial charge < -0.3 is 0 Å². The molecule has 1 aromatic carbocycles. The van der Waals surface area contributed by atoms with Gasteiger partial charge in [0.1, 0.15) is 11.5 Å². The van der Waals surface area contributed by atoms with Gasteiger partial charge in [0, 0.05) is 10.9 Å². The molecule has 2 rings (SSSR count). The summed E-state index contributed by atoms with van der Waals surface area (Å²) in [7, 11) is 0. The van der Waals surface area contributed by atoms with Crippen LogP contribution in [0.2, 0.25) is 0 Å². The van der Waals surface area contributed by atoms with Gasteiger partial charge in [0.05, 0.1) is 17.9 Å². The van der Waals surface area contributed by atoms with Gasteiger partial charge in [-0.3, -0.25) is 4.79 Å². The topological polar surface area (TPSA) is 42.9 Å². The number of Topliss-reactive ketones (excluding diaryl/α,β-unsaturated/α-hetero) is 1. The Labute approximate surface area is 104 Å². The number of halogens is 2. The second-order valence-electron chi connectivity index (χ2n) is 3.13. The van der Waals surface area contributed by atoms with E-state index < -0.39 is 0 Å². The number of nitrogens with zero attached hydrogens (tertiary/aromatic N) is 2. The fourth-order valence-electron chi connectivity index (χ4n) is 1.23. The molecule has 6 heteroatoms. The maximum Gasteiger partial charge on any atom is 0.188 e. The molecular formula is C10H6BrFN2OS. The smallest absolute Gasteiger partial charge is 0.188 e. The van der Waals surface area contributed by atoms with E-state index >= 15 is 0 Å². The molecule has 0 N–H and O–H groups in total. The van der Waals surface area contributed by atoms with E-state index in [1.54, 1.807) is 6.07 Å². The Morgan fingerprint density at radius 1 is 1.50 bits per heavy atom. The summed E-state index contributed by atoms with van der Waals surface area (Å²) in [5, 5.41) is 0. The molecule has 0 saturated heterocycles. The van der Waals surface area contributed by atoms with Crippen LogP contribution in [-0.4, -0.2) is 14.5 Å². The minimum atomic E-state index is -0.359. The van der Waals surface area contributed by atoms with Gasteiger partial charge in [0.2, 0.25) is 0 Å². The summed E-state index contributed by atoms with van der Waals surface area (Å²) in [5.41, 5.74) is 0.930. The van der Waals surface area contributed by atoms with Gasteiger partial charge in [-0.2, -0.15) is 8.75 Å². The summed E-state index contributed by atoms with van der Waals surface area (Å²) in [5.74, 6) is -0.526. The van der Waals surface area contributed by atoms with Gasteiger partial charge in [-0.25, -0.2) is 4.39 Å². The van der Waals surface area contributed by atoms with Crippen LogP contribution < -0.4 is 0 Å². The Hall–Kier alpha value is -1.14. The van der Waals surface area contributed by atoms with Crippen molar-refractivity contribution < 1.29 is 9.18 Å². The van der Waals surface area contributed by atoms with Crippen molar-refractivity contribution in [1.82, 2.24) is 8.75 Å². The average molecular weight is 301 g/mol. The quantitative estimate of drug-likeness (QED) is 0.819. The lowest BCUT2D eigenvalue weighted by Gasteiger charge is -2.02. The molecule has 0 amide bonds. The van der Waals surface area contributed by atoms with E-state index in [1.165, 1.54) is 18.3 Å². The highest BCUT2D eigenvalue weighted by Crippen LogP contribution is 2.19. The number of carbonyl (C=O) groups excluding carboxylic acids is 1. The van der Waals surface area contributed by atoms with Crippen LogP contribution in [0.3, 0.4) is 0 Å². The van der Waals surface area contributed by atoms with E-state index in [4.69, 9.17) is 0 Å². The molecule has 0 unspecified atom stereocenters. The van der Waals surface area contributed by atoms with Gasteiger partial charge in [-0.05, 0) is 23.8 Å². The third kappa shape index (κ3) is 2.51. The lowest BCUT2D eigenvalue weighted by molar-refractivity contribution is 0.0989. The molecule has 0 atom stereocenters. The standard InChI is InChI=1S/C10H6BrFN2OS/c11-8-2-1-7(12)3-6(8)4-10(15)9-5-13-16-14-9/h1-3,5H,4H2. The van der Waals surface area contributed by atoms with Crippen LogP contribution >= 0.6 is 27.7 Å². The largest absolute Gasteiger partial charge is 0.292 e. The fourth-order valence-corrected chi connectivity index (χ4v) is 2.05. The third-order valence-corrected chi connectivity index (χ3v) is 3.26. The van der Waals surface area contributed by atoms with E-state index in [9.17, 15) is 9.18 Å². The number of rotatable bonds is 3. The molecule has 0 radical (unpaired) electrons. The number of ketones is 1. The van der Waals surface area contributed by atoms with Crippen LogP contribution in [0.5, 0.6) is 0 Å². The molecule has 0 saturated carbocycles. The van der Waals surface area contributed by atoms with Crippen molar-refractivity contribution in [2.75, 3.05) is 0 Å². The van der Waals surface area contributed by atoms with E-state index in [0.29, 0.717) is 15.7 Å². The highest BCUT2D eigenvalue weighted by molar-refractivity contribution is 9.10. The van der Waals surface area contributed by atoms with E-state index in [1.807, 2.05) is 0 Å².